The number of piperazine rings is 1. The van der Waals surface area contributed by atoms with Gasteiger partial charge in [-0.05, 0) is 48.1 Å². The third-order valence-corrected chi connectivity index (χ3v) is 6.14. The predicted octanol–water partition coefficient (Wildman–Crippen LogP) is 5.46. The first kappa shape index (κ1) is 20.2. The molecule has 1 aliphatic carbocycles. The molecular formula is C24H27F3N2. The van der Waals surface area contributed by atoms with Gasteiger partial charge in [0.25, 0.3) is 0 Å². The zero-order valence-corrected chi connectivity index (χ0v) is 16.5. The molecular weight excluding hydrogens is 373 g/mol. The van der Waals surface area contributed by atoms with Crippen molar-refractivity contribution < 1.29 is 13.2 Å². The largest absolute Gasteiger partial charge is 0.416 e. The molecule has 2 nitrogen and oxygen atoms in total. The van der Waals surface area contributed by atoms with Gasteiger partial charge >= 0.3 is 6.18 Å². The highest BCUT2D eigenvalue weighted by molar-refractivity contribution is 5.66. The average Bonchev–Trinajstić information content (AvgIpc) is 2.75. The maximum atomic E-state index is 12.7. The van der Waals surface area contributed by atoms with Crippen molar-refractivity contribution in [3.8, 4) is 0 Å². The number of alkyl halides is 3. The van der Waals surface area contributed by atoms with Gasteiger partial charge in [-0.25, -0.2) is 0 Å². The van der Waals surface area contributed by atoms with Crippen LogP contribution < -0.4 is 0 Å². The summed E-state index contributed by atoms with van der Waals surface area (Å²) in [5, 5.41) is 0. The molecule has 2 aliphatic rings. The highest BCUT2D eigenvalue weighted by Crippen LogP contribution is 2.33. The van der Waals surface area contributed by atoms with Crippen LogP contribution in [0.3, 0.4) is 0 Å². The van der Waals surface area contributed by atoms with Gasteiger partial charge in [-0.15, -0.1) is 0 Å². The first-order valence-corrected chi connectivity index (χ1v) is 10.4. The van der Waals surface area contributed by atoms with Crippen LogP contribution in [0.15, 0.2) is 60.7 Å². The summed E-state index contributed by atoms with van der Waals surface area (Å²) in [6.45, 7) is 5.35. The van der Waals surface area contributed by atoms with Gasteiger partial charge in [0, 0.05) is 38.8 Å². The van der Waals surface area contributed by atoms with Gasteiger partial charge in [0.1, 0.15) is 0 Å². The second kappa shape index (κ2) is 8.72. The molecule has 0 amide bonds. The molecule has 1 atom stereocenters. The molecule has 2 aromatic rings. The predicted molar refractivity (Wildman–Crippen MR) is 110 cm³/mol. The van der Waals surface area contributed by atoms with Gasteiger partial charge in [0.15, 0.2) is 0 Å². The molecule has 154 valence electrons. The van der Waals surface area contributed by atoms with Crippen molar-refractivity contribution >= 4 is 5.57 Å². The van der Waals surface area contributed by atoms with E-state index in [-0.39, 0.29) is 0 Å². The quantitative estimate of drug-likeness (QED) is 0.673. The molecule has 29 heavy (non-hydrogen) atoms. The van der Waals surface area contributed by atoms with E-state index in [2.05, 4.69) is 46.2 Å². The Labute approximate surface area is 170 Å². The zero-order valence-electron chi connectivity index (χ0n) is 16.5. The molecule has 4 rings (SSSR count). The number of nitrogens with zero attached hydrogens (tertiary/aromatic N) is 2. The molecule has 1 saturated heterocycles. The molecule has 1 heterocycles. The van der Waals surface area contributed by atoms with Crippen molar-refractivity contribution in [2.45, 2.75) is 38.0 Å². The fraction of sp³-hybridized carbons (Fsp3) is 0.417. The third-order valence-electron chi connectivity index (χ3n) is 6.14. The van der Waals surface area contributed by atoms with Crippen LogP contribution in [0, 0.1) is 0 Å². The van der Waals surface area contributed by atoms with Crippen LogP contribution >= 0.6 is 0 Å². The Morgan fingerprint density at radius 1 is 0.862 bits per heavy atom. The van der Waals surface area contributed by atoms with Crippen LogP contribution in [0.2, 0.25) is 0 Å². The Kier molecular flexibility index (Phi) is 6.07. The summed E-state index contributed by atoms with van der Waals surface area (Å²) in [7, 11) is 0. The summed E-state index contributed by atoms with van der Waals surface area (Å²) in [6, 6.07) is 16.7. The standard InChI is InChI=1S/C24H27F3N2/c25-24(26,27)22-10-6-20(7-11-22)21-8-12-23(13-9-21)29-16-14-28(15-17-29)18-19-4-2-1-3-5-19/h1-8,10-11,23H,9,12-18H2. The van der Waals surface area contributed by atoms with E-state index in [0.717, 1.165) is 57.5 Å². The molecule has 0 N–H and O–H groups in total. The second-order valence-electron chi connectivity index (χ2n) is 8.03. The first-order chi connectivity index (χ1) is 14.0. The van der Waals surface area contributed by atoms with Gasteiger partial charge in [0.05, 0.1) is 5.56 Å². The number of allylic oxidation sites excluding steroid dienone is 1. The molecule has 1 fully saturated rings. The normalized spacial score (nSPS) is 21.8. The smallest absolute Gasteiger partial charge is 0.298 e. The minimum atomic E-state index is -4.27. The van der Waals surface area contributed by atoms with Crippen molar-refractivity contribution in [2.24, 2.45) is 0 Å². The van der Waals surface area contributed by atoms with Gasteiger partial charge in [0.2, 0.25) is 0 Å². The lowest BCUT2D eigenvalue weighted by Gasteiger charge is -2.40. The summed E-state index contributed by atoms with van der Waals surface area (Å²) in [5.74, 6) is 0. The third kappa shape index (κ3) is 5.09. The van der Waals surface area contributed by atoms with E-state index in [1.165, 1.54) is 23.3 Å². The van der Waals surface area contributed by atoms with E-state index < -0.39 is 11.7 Å². The van der Waals surface area contributed by atoms with Gasteiger partial charge in [-0.2, -0.15) is 13.2 Å². The fourth-order valence-electron chi connectivity index (χ4n) is 4.42. The lowest BCUT2D eigenvalue weighted by molar-refractivity contribution is -0.137. The van der Waals surface area contributed by atoms with E-state index in [9.17, 15) is 13.2 Å². The highest BCUT2D eigenvalue weighted by Gasteiger charge is 2.30. The Balaban J connectivity index is 1.29. The molecule has 0 radical (unpaired) electrons. The Hall–Kier alpha value is -2.11. The number of hydrogen-bond acceptors (Lipinski definition) is 2. The Morgan fingerprint density at radius 2 is 1.55 bits per heavy atom. The maximum absolute atomic E-state index is 12.7. The summed E-state index contributed by atoms with van der Waals surface area (Å²) < 4.78 is 38.2. The molecule has 1 aliphatic heterocycles. The first-order valence-electron chi connectivity index (χ1n) is 10.4. The van der Waals surface area contributed by atoms with Crippen LogP contribution in [0.25, 0.3) is 5.57 Å². The number of benzene rings is 2. The van der Waals surface area contributed by atoms with E-state index >= 15 is 0 Å². The summed E-state index contributed by atoms with van der Waals surface area (Å²) in [4.78, 5) is 5.10. The molecule has 5 heteroatoms. The van der Waals surface area contributed by atoms with Crippen molar-refractivity contribution in [1.29, 1.82) is 0 Å². The minimum Gasteiger partial charge on any atom is -0.298 e. The van der Waals surface area contributed by atoms with Crippen molar-refractivity contribution in [3.05, 3.63) is 77.4 Å². The lowest BCUT2D eigenvalue weighted by Crippen LogP contribution is -2.50. The zero-order chi connectivity index (χ0) is 20.3. The van der Waals surface area contributed by atoms with Crippen LogP contribution in [-0.4, -0.2) is 42.0 Å². The second-order valence-corrected chi connectivity index (χ2v) is 8.03. The average molecular weight is 400 g/mol. The lowest BCUT2D eigenvalue weighted by atomic mass is 9.89. The minimum absolute atomic E-state index is 0.548. The molecule has 1 unspecified atom stereocenters. The van der Waals surface area contributed by atoms with Crippen molar-refractivity contribution in [2.75, 3.05) is 26.2 Å². The molecule has 0 aromatic heterocycles. The topological polar surface area (TPSA) is 6.48 Å². The number of hydrogen-bond donors (Lipinski definition) is 0. The summed E-state index contributed by atoms with van der Waals surface area (Å²) in [6.07, 6.45) is 0.946. The molecule has 0 saturated carbocycles. The SMILES string of the molecule is FC(F)(F)c1ccc(C2=CCC(N3CCN(Cc4ccccc4)CC3)CC2)cc1. The van der Waals surface area contributed by atoms with Crippen molar-refractivity contribution in [3.63, 3.8) is 0 Å². The molecule has 2 aromatic carbocycles. The van der Waals surface area contributed by atoms with Gasteiger partial charge < -0.3 is 0 Å². The van der Waals surface area contributed by atoms with E-state index in [1.54, 1.807) is 12.1 Å². The maximum Gasteiger partial charge on any atom is 0.416 e. The fourth-order valence-corrected chi connectivity index (χ4v) is 4.42. The Morgan fingerprint density at radius 3 is 2.14 bits per heavy atom. The number of rotatable bonds is 4. The van der Waals surface area contributed by atoms with Crippen LogP contribution in [0.5, 0.6) is 0 Å². The van der Waals surface area contributed by atoms with Gasteiger partial charge in [-0.1, -0.05) is 48.5 Å². The van der Waals surface area contributed by atoms with Crippen LogP contribution in [-0.2, 0) is 12.7 Å². The van der Waals surface area contributed by atoms with Crippen molar-refractivity contribution in [1.82, 2.24) is 9.80 Å². The molecule has 0 spiro atoms. The van der Waals surface area contributed by atoms with Gasteiger partial charge in [-0.3, -0.25) is 9.80 Å². The monoisotopic (exact) mass is 400 g/mol. The van der Waals surface area contributed by atoms with Crippen LogP contribution in [0.4, 0.5) is 13.2 Å². The Bertz CT molecular complexity index is 819. The molecule has 0 bridgehead atoms. The highest BCUT2D eigenvalue weighted by atomic mass is 19.4. The van der Waals surface area contributed by atoms with E-state index in [1.807, 2.05) is 0 Å². The summed E-state index contributed by atoms with van der Waals surface area (Å²) in [5.41, 5.74) is 2.88. The number of halogens is 3. The van der Waals surface area contributed by atoms with E-state index in [4.69, 9.17) is 0 Å². The van der Waals surface area contributed by atoms with Crippen LogP contribution in [0.1, 0.15) is 36.0 Å². The van der Waals surface area contributed by atoms with E-state index in [0.29, 0.717) is 6.04 Å². The summed E-state index contributed by atoms with van der Waals surface area (Å²) >= 11 is 0.